The second-order valence-corrected chi connectivity index (χ2v) is 5.95. The standard InChI is InChI=1S/C18H13ClN6O/c1-11-15(18(26)25(24-11)12-7-3-2-4-8-12)22-23-17-16(19)20-13-9-5-6-10-14(13)21-17/h2-10,24H,1H3. The van der Waals surface area contributed by atoms with Gasteiger partial charge in [0.2, 0.25) is 5.82 Å². The summed E-state index contributed by atoms with van der Waals surface area (Å²) in [6, 6.07) is 16.5. The lowest BCUT2D eigenvalue weighted by atomic mass is 10.3. The van der Waals surface area contributed by atoms with E-state index in [1.807, 2.05) is 54.6 Å². The van der Waals surface area contributed by atoms with Gasteiger partial charge in [0.1, 0.15) is 0 Å². The van der Waals surface area contributed by atoms with Crippen molar-refractivity contribution in [3.8, 4) is 5.69 Å². The molecule has 2 heterocycles. The summed E-state index contributed by atoms with van der Waals surface area (Å²) < 4.78 is 1.41. The van der Waals surface area contributed by atoms with E-state index in [2.05, 4.69) is 25.3 Å². The summed E-state index contributed by atoms with van der Waals surface area (Å²) in [6.45, 7) is 1.75. The van der Waals surface area contributed by atoms with E-state index < -0.39 is 0 Å². The van der Waals surface area contributed by atoms with Gasteiger partial charge in [0.25, 0.3) is 5.56 Å². The van der Waals surface area contributed by atoms with Gasteiger partial charge in [-0.15, -0.1) is 10.2 Å². The molecule has 0 unspecified atom stereocenters. The molecule has 1 N–H and O–H groups in total. The van der Waals surface area contributed by atoms with Crippen LogP contribution in [0.3, 0.4) is 0 Å². The third-order valence-corrected chi connectivity index (χ3v) is 4.06. The zero-order valence-electron chi connectivity index (χ0n) is 13.7. The van der Waals surface area contributed by atoms with E-state index in [-0.39, 0.29) is 22.2 Å². The Hall–Kier alpha value is -3.32. The number of nitrogens with zero attached hydrogens (tertiary/aromatic N) is 5. The van der Waals surface area contributed by atoms with Crippen LogP contribution in [0.5, 0.6) is 0 Å². The minimum atomic E-state index is -0.303. The number of para-hydroxylation sites is 3. The molecule has 0 aliphatic carbocycles. The third-order valence-electron chi connectivity index (χ3n) is 3.81. The van der Waals surface area contributed by atoms with Crippen LogP contribution < -0.4 is 5.56 Å². The van der Waals surface area contributed by atoms with Gasteiger partial charge < -0.3 is 0 Å². The number of nitrogens with one attached hydrogen (secondary N) is 1. The Bertz CT molecular complexity index is 1180. The molecule has 0 atom stereocenters. The van der Waals surface area contributed by atoms with Crippen molar-refractivity contribution < 1.29 is 0 Å². The molecule has 0 saturated carbocycles. The number of aromatic amines is 1. The van der Waals surface area contributed by atoms with Crippen LogP contribution in [0.1, 0.15) is 5.69 Å². The Morgan fingerprint density at radius 2 is 1.62 bits per heavy atom. The number of H-pyrrole nitrogens is 1. The molecular weight excluding hydrogens is 352 g/mol. The van der Waals surface area contributed by atoms with Crippen LogP contribution in [0.15, 0.2) is 69.6 Å². The van der Waals surface area contributed by atoms with E-state index in [1.54, 1.807) is 6.92 Å². The summed E-state index contributed by atoms with van der Waals surface area (Å²) in [7, 11) is 0. The fourth-order valence-electron chi connectivity index (χ4n) is 2.54. The quantitative estimate of drug-likeness (QED) is 0.543. The maximum Gasteiger partial charge on any atom is 0.299 e. The van der Waals surface area contributed by atoms with Crippen LogP contribution in [0.2, 0.25) is 5.15 Å². The molecule has 0 bridgehead atoms. The molecule has 0 spiro atoms. The first-order chi connectivity index (χ1) is 12.6. The normalized spacial score (nSPS) is 11.5. The maximum atomic E-state index is 12.6. The van der Waals surface area contributed by atoms with Gasteiger partial charge in [-0.2, -0.15) is 0 Å². The maximum absolute atomic E-state index is 12.6. The van der Waals surface area contributed by atoms with Crippen molar-refractivity contribution in [2.75, 3.05) is 0 Å². The Morgan fingerprint density at radius 1 is 0.962 bits per heavy atom. The van der Waals surface area contributed by atoms with Crippen molar-refractivity contribution in [2.24, 2.45) is 10.2 Å². The van der Waals surface area contributed by atoms with E-state index in [4.69, 9.17) is 11.6 Å². The molecule has 0 aliphatic heterocycles. The van der Waals surface area contributed by atoms with Gasteiger partial charge in [0.15, 0.2) is 10.8 Å². The Labute approximate surface area is 153 Å². The number of aromatic nitrogens is 4. The first-order valence-electron chi connectivity index (χ1n) is 7.84. The lowest BCUT2D eigenvalue weighted by Gasteiger charge is -1.99. The topological polar surface area (TPSA) is 88.3 Å². The highest BCUT2D eigenvalue weighted by molar-refractivity contribution is 6.31. The zero-order chi connectivity index (χ0) is 18.1. The molecule has 0 aliphatic rings. The van der Waals surface area contributed by atoms with E-state index >= 15 is 0 Å². The van der Waals surface area contributed by atoms with Crippen molar-refractivity contribution >= 4 is 34.1 Å². The highest BCUT2D eigenvalue weighted by Gasteiger charge is 2.13. The molecule has 0 fully saturated rings. The highest BCUT2D eigenvalue weighted by Crippen LogP contribution is 2.25. The van der Waals surface area contributed by atoms with Gasteiger partial charge in [0.05, 0.1) is 22.4 Å². The minimum absolute atomic E-state index is 0.129. The highest BCUT2D eigenvalue weighted by atomic mass is 35.5. The zero-order valence-corrected chi connectivity index (χ0v) is 14.5. The molecule has 0 saturated heterocycles. The molecule has 8 heteroatoms. The summed E-state index contributed by atoms with van der Waals surface area (Å²) >= 11 is 6.13. The molecule has 0 radical (unpaired) electrons. The first kappa shape index (κ1) is 16.2. The number of hydrogen-bond acceptors (Lipinski definition) is 5. The molecule has 128 valence electrons. The summed E-state index contributed by atoms with van der Waals surface area (Å²) in [5.74, 6) is 0.164. The molecule has 0 amide bonds. The second kappa shape index (κ2) is 6.53. The average Bonchev–Trinajstić information content (AvgIpc) is 2.95. The second-order valence-electron chi connectivity index (χ2n) is 5.59. The Kier molecular flexibility index (Phi) is 4.06. The summed E-state index contributed by atoms with van der Waals surface area (Å²) in [5, 5.41) is 11.2. The van der Waals surface area contributed by atoms with Crippen LogP contribution in [0.25, 0.3) is 16.7 Å². The molecule has 7 nitrogen and oxygen atoms in total. The summed E-state index contributed by atoms with van der Waals surface area (Å²) in [6.07, 6.45) is 0. The lowest BCUT2D eigenvalue weighted by molar-refractivity contribution is 0.835. The molecule has 26 heavy (non-hydrogen) atoms. The number of aryl methyl sites for hydroxylation is 1. The monoisotopic (exact) mass is 364 g/mol. The van der Waals surface area contributed by atoms with Crippen molar-refractivity contribution in [3.63, 3.8) is 0 Å². The van der Waals surface area contributed by atoms with Crippen molar-refractivity contribution in [3.05, 3.63) is 75.8 Å². The van der Waals surface area contributed by atoms with E-state index in [0.29, 0.717) is 22.4 Å². The first-order valence-corrected chi connectivity index (χ1v) is 8.22. The predicted molar refractivity (Wildman–Crippen MR) is 99.9 cm³/mol. The van der Waals surface area contributed by atoms with Gasteiger partial charge in [0, 0.05) is 0 Å². The van der Waals surface area contributed by atoms with Crippen molar-refractivity contribution in [2.45, 2.75) is 6.92 Å². The van der Waals surface area contributed by atoms with Gasteiger partial charge in [-0.25, -0.2) is 14.6 Å². The SMILES string of the molecule is Cc1[nH]n(-c2ccccc2)c(=O)c1N=Nc1nc2ccccc2nc1Cl. The largest absolute Gasteiger partial charge is 0.299 e. The number of fused-ring (bicyclic) bond motifs is 1. The fraction of sp³-hybridized carbons (Fsp3) is 0.0556. The predicted octanol–water partition coefficient (Wildman–Crippen LogP) is 4.49. The van der Waals surface area contributed by atoms with E-state index in [9.17, 15) is 4.79 Å². The van der Waals surface area contributed by atoms with Gasteiger partial charge >= 0.3 is 0 Å². The smallest absolute Gasteiger partial charge is 0.293 e. The number of halogens is 1. The van der Waals surface area contributed by atoms with Gasteiger partial charge in [-0.1, -0.05) is 41.9 Å². The van der Waals surface area contributed by atoms with Crippen LogP contribution in [-0.2, 0) is 0 Å². The number of hydrogen-bond donors (Lipinski definition) is 1. The van der Waals surface area contributed by atoms with Crippen LogP contribution in [0, 0.1) is 6.92 Å². The van der Waals surface area contributed by atoms with Crippen LogP contribution in [0.4, 0.5) is 11.5 Å². The van der Waals surface area contributed by atoms with Gasteiger partial charge in [-0.3, -0.25) is 9.89 Å². The fourth-order valence-corrected chi connectivity index (χ4v) is 2.72. The summed E-state index contributed by atoms with van der Waals surface area (Å²) in [5.41, 5.74) is 2.51. The molecule has 2 aromatic heterocycles. The van der Waals surface area contributed by atoms with Crippen LogP contribution in [-0.4, -0.2) is 19.7 Å². The van der Waals surface area contributed by atoms with Crippen LogP contribution >= 0.6 is 11.6 Å². The van der Waals surface area contributed by atoms with E-state index in [0.717, 1.165) is 0 Å². The lowest BCUT2D eigenvalue weighted by Crippen LogP contribution is -2.13. The number of rotatable bonds is 3. The number of benzene rings is 2. The van der Waals surface area contributed by atoms with Crippen molar-refractivity contribution in [1.82, 2.24) is 19.7 Å². The number of azo groups is 1. The minimum Gasteiger partial charge on any atom is -0.293 e. The Balaban J connectivity index is 1.75. The molecular formula is C18H13ClN6O. The Morgan fingerprint density at radius 3 is 2.35 bits per heavy atom. The van der Waals surface area contributed by atoms with E-state index in [1.165, 1.54) is 4.68 Å². The molecule has 2 aromatic carbocycles. The van der Waals surface area contributed by atoms with Gasteiger partial charge in [-0.05, 0) is 31.2 Å². The molecule has 4 rings (SSSR count). The third kappa shape index (κ3) is 2.89. The van der Waals surface area contributed by atoms with Crippen molar-refractivity contribution in [1.29, 1.82) is 0 Å². The summed E-state index contributed by atoms with van der Waals surface area (Å²) in [4.78, 5) is 21.2. The molecule has 4 aromatic rings. The average molecular weight is 365 g/mol.